The van der Waals surface area contributed by atoms with Crippen molar-refractivity contribution in [3.8, 4) is 0 Å². The van der Waals surface area contributed by atoms with E-state index in [1.165, 1.54) is 0 Å². The fourth-order valence-electron chi connectivity index (χ4n) is 1.66. The SMILES string of the molecule is O=COC1(OCc2ccccc2)CC(=O)NC1=O. The quantitative estimate of drug-likeness (QED) is 0.455. The van der Waals surface area contributed by atoms with Crippen LogP contribution in [0.5, 0.6) is 0 Å². The van der Waals surface area contributed by atoms with Gasteiger partial charge in [-0.05, 0) is 5.56 Å². The van der Waals surface area contributed by atoms with Gasteiger partial charge in [0.2, 0.25) is 5.91 Å². The molecule has 0 radical (unpaired) electrons. The first-order valence-corrected chi connectivity index (χ1v) is 5.30. The monoisotopic (exact) mass is 249 g/mol. The number of hydrogen-bond acceptors (Lipinski definition) is 5. The summed E-state index contributed by atoms with van der Waals surface area (Å²) < 4.78 is 9.97. The first-order chi connectivity index (χ1) is 8.66. The minimum Gasteiger partial charge on any atom is -0.425 e. The van der Waals surface area contributed by atoms with Gasteiger partial charge in [-0.1, -0.05) is 30.3 Å². The van der Waals surface area contributed by atoms with Crippen LogP contribution in [0.25, 0.3) is 0 Å². The van der Waals surface area contributed by atoms with Gasteiger partial charge in [-0.3, -0.25) is 19.7 Å². The molecule has 1 aromatic carbocycles. The van der Waals surface area contributed by atoms with Gasteiger partial charge in [0.05, 0.1) is 6.61 Å². The van der Waals surface area contributed by atoms with Crippen molar-refractivity contribution in [3.63, 3.8) is 0 Å². The number of ether oxygens (including phenoxy) is 2. The third-order valence-corrected chi connectivity index (χ3v) is 2.55. The Morgan fingerprint density at radius 3 is 2.56 bits per heavy atom. The largest absolute Gasteiger partial charge is 0.425 e. The van der Waals surface area contributed by atoms with Crippen molar-refractivity contribution in [1.29, 1.82) is 0 Å². The third-order valence-electron chi connectivity index (χ3n) is 2.55. The first-order valence-electron chi connectivity index (χ1n) is 5.30. The molecule has 0 spiro atoms. The fraction of sp³-hybridized carbons (Fsp3) is 0.250. The molecule has 0 saturated carbocycles. The maximum absolute atomic E-state index is 11.6. The number of hydrogen-bond donors (Lipinski definition) is 1. The molecule has 6 heteroatoms. The van der Waals surface area contributed by atoms with Crippen LogP contribution in [0.15, 0.2) is 30.3 Å². The molecule has 94 valence electrons. The van der Waals surface area contributed by atoms with Crippen LogP contribution in [0.4, 0.5) is 0 Å². The van der Waals surface area contributed by atoms with E-state index in [0.717, 1.165) is 5.56 Å². The average Bonchev–Trinajstić information content (AvgIpc) is 2.64. The molecule has 1 N–H and O–H groups in total. The fourth-order valence-corrected chi connectivity index (χ4v) is 1.66. The highest BCUT2D eigenvalue weighted by Gasteiger charge is 2.50. The lowest BCUT2D eigenvalue weighted by Crippen LogP contribution is -2.43. The van der Waals surface area contributed by atoms with Crippen LogP contribution < -0.4 is 5.32 Å². The van der Waals surface area contributed by atoms with Crippen LogP contribution in [-0.2, 0) is 30.5 Å². The van der Waals surface area contributed by atoms with Crippen molar-refractivity contribution in [2.45, 2.75) is 18.8 Å². The number of amides is 2. The molecule has 1 atom stereocenters. The van der Waals surface area contributed by atoms with Gasteiger partial charge in [0.25, 0.3) is 12.4 Å². The number of rotatable bonds is 5. The zero-order chi connectivity index (χ0) is 13.0. The summed E-state index contributed by atoms with van der Waals surface area (Å²) in [6, 6.07) is 9.05. The molecule has 1 fully saturated rings. The van der Waals surface area contributed by atoms with Gasteiger partial charge in [-0.15, -0.1) is 0 Å². The van der Waals surface area contributed by atoms with Gasteiger partial charge >= 0.3 is 5.79 Å². The molecule has 0 aromatic heterocycles. The molecule has 1 unspecified atom stereocenters. The molecule has 0 bridgehead atoms. The van der Waals surface area contributed by atoms with E-state index >= 15 is 0 Å². The van der Waals surface area contributed by atoms with Crippen LogP contribution in [0.1, 0.15) is 12.0 Å². The number of carbonyl (C=O) groups excluding carboxylic acids is 3. The molecule has 0 aliphatic carbocycles. The van der Waals surface area contributed by atoms with E-state index in [2.05, 4.69) is 4.74 Å². The van der Waals surface area contributed by atoms with Crippen molar-refractivity contribution in [2.75, 3.05) is 0 Å². The number of carbonyl (C=O) groups is 3. The lowest BCUT2D eigenvalue weighted by Gasteiger charge is -2.23. The van der Waals surface area contributed by atoms with Crippen molar-refractivity contribution in [2.24, 2.45) is 0 Å². The Kier molecular flexibility index (Phi) is 3.38. The molecule has 1 aliphatic rings. The number of imide groups is 1. The summed E-state index contributed by atoms with van der Waals surface area (Å²) in [4.78, 5) is 33.2. The summed E-state index contributed by atoms with van der Waals surface area (Å²) >= 11 is 0. The number of benzene rings is 1. The Bertz CT molecular complexity index is 473. The van der Waals surface area contributed by atoms with Gasteiger partial charge in [0.15, 0.2) is 0 Å². The van der Waals surface area contributed by atoms with Crippen molar-refractivity contribution >= 4 is 18.3 Å². The highest BCUT2D eigenvalue weighted by molar-refractivity contribution is 6.07. The van der Waals surface area contributed by atoms with Gasteiger partial charge in [-0.25, -0.2) is 0 Å². The second-order valence-corrected chi connectivity index (χ2v) is 3.80. The highest BCUT2D eigenvalue weighted by Crippen LogP contribution is 2.24. The normalized spacial score (nSPS) is 22.7. The maximum Gasteiger partial charge on any atom is 0.302 e. The molecule has 6 nitrogen and oxygen atoms in total. The van der Waals surface area contributed by atoms with E-state index in [4.69, 9.17) is 4.74 Å². The molecule has 1 saturated heterocycles. The maximum atomic E-state index is 11.6. The summed E-state index contributed by atoms with van der Waals surface area (Å²) in [7, 11) is 0. The van der Waals surface area contributed by atoms with E-state index in [-0.39, 0.29) is 19.5 Å². The topological polar surface area (TPSA) is 81.7 Å². The molecular formula is C12H11NO5. The Hall–Kier alpha value is -2.21. The van der Waals surface area contributed by atoms with E-state index in [0.29, 0.717) is 0 Å². The lowest BCUT2D eigenvalue weighted by molar-refractivity contribution is -0.218. The first kappa shape index (κ1) is 12.3. The van der Waals surface area contributed by atoms with Gasteiger partial charge in [0, 0.05) is 0 Å². The second kappa shape index (κ2) is 4.97. The Balaban J connectivity index is 2.10. The smallest absolute Gasteiger partial charge is 0.302 e. The highest BCUT2D eigenvalue weighted by atomic mass is 16.7. The van der Waals surface area contributed by atoms with E-state index in [9.17, 15) is 14.4 Å². The minimum absolute atomic E-state index is 0.0649. The van der Waals surface area contributed by atoms with Crippen LogP contribution in [0.3, 0.4) is 0 Å². The molecule has 1 aromatic rings. The van der Waals surface area contributed by atoms with Crippen LogP contribution in [0, 0.1) is 0 Å². The van der Waals surface area contributed by atoms with Crippen LogP contribution >= 0.6 is 0 Å². The van der Waals surface area contributed by atoms with Crippen LogP contribution in [0.2, 0.25) is 0 Å². The van der Waals surface area contributed by atoms with Crippen molar-refractivity contribution in [1.82, 2.24) is 5.32 Å². The molecule has 18 heavy (non-hydrogen) atoms. The summed E-state index contributed by atoms with van der Waals surface area (Å²) in [5.74, 6) is -3.13. The van der Waals surface area contributed by atoms with E-state index in [1.807, 2.05) is 23.5 Å². The van der Waals surface area contributed by atoms with Crippen molar-refractivity contribution < 1.29 is 23.9 Å². The molecule has 1 aliphatic heterocycles. The van der Waals surface area contributed by atoms with E-state index < -0.39 is 17.6 Å². The van der Waals surface area contributed by atoms with Crippen molar-refractivity contribution in [3.05, 3.63) is 35.9 Å². The van der Waals surface area contributed by atoms with Gasteiger partial charge < -0.3 is 9.47 Å². The standard InChI is InChI=1S/C12H11NO5/c14-8-18-12(6-10(15)13-11(12)16)17-7-9-4-2-1-3-5-9/h1-5,8H,6-7H2,(H,13,15,16). The summed E-state index contributed by atoms with van der Waals surface area (Å²) in [6.45, 7) is 0.165. The molecular weight excluding hydrogens is 238 g/mol. The van der Waals surface area contributed by atoms with Crippen LogP contribution in [-0.4, -0.2) is 24.1 Å². The molecule has 2 amide bonds. The Morgan fingerprint density at radius 1 is 1.28 bits per heavy atom. The average molecular weight is 249 g/mol. The summed E-state index contributed by atoms with van der Waals surface area (Å²) in [5.41, 5.74) is 0.804. The molecule has 2 rings (SSSR count). The summed E-state index contributed by atoms with van der Waals surface area (Å²) in [5, 5.41) is 2.04. The predicted molar refractivity (Wildman–Crippen MR) is 58.9 cm³/mol. The second-order valence-electron chi connectivity index (χ2n) is 3.80. The Labute approximate surface area is 103 Å². The summed E-state index contributed by atoms with van der Waals surface area (Å²) in [6.07, 6.45) is -0.322. The zero-order valence-electron chi connectivity index (χ0n) is 9.42. The zero-order valence-corrected chi connectivity index (χ0v) is 9.42. The lowest BCUT2D eigenvalue weighted by atomic mass is 10.2. The predicted octanol–water partition coefficient (Wildman–Crippen LogP) is 0.119. The Morgan fingerprint density at radius 2 is 2.00 bits per heavy atom. The van der Waals surface area contributed by atoms with Gasteiger partial charge in [0.1, 0.15) is 6.42 Å². The van der Waals surface area contributed by atoms with Gasteiger partial charge in [-0.2, -0.15) is 0 Å². The van der Waals surface area contributed by atoms with E-state index in [1.54, 1.807) is 12.1 Å². The third kappa shape index (κ3) is 2.38. The minimum atomic E-state index is -1.84. The number of nitrogens with one attached hydrogen (secondary N) is 1. The molecule has 1 heterocycles.